The van der Waals surface area contributed by atoms with E-state index in [1.807, 2.05) is 0 Å². The first kappa shape index (κ1) is 27.7. The first-order valence-electron chi connectivity index (χ1n) is 12.8. The molecule has 2 unspecified atom stereocenters. The number of pyridine rings is 1. The molecule has 1 aromatic heterocycles. The van der Waals surface area contributed by atoms with Crippen molar-refractivity contribution in [3.63, 3.8) is 0 Å². The summed E-state index contributed by atoms with van der Waals surface area (Å²) >= 11 is 0. The predicted octanol–water partition coefficient (Wildman–Crippen LogP) is 3.36. The van der Waals surface area contributed by atoms with E-state index in [-0.39, 0.29) is 18.5 Å². The molecule has 2 heterocycles. The van der Waals surface area contributed by atoms with Gasteiger partial charge in [-0.3, -0.25) is 9.59 Å². The van der Waals surface area contributed by atoms with E-state index in [0.29, 0.717) is 25.4 Å². The van der Waals surface area contributed by atoms with Gasteiger partial charge in [-0.25, -0.2) is 18.7 Å². The van der Waals surface area contributed by atoms with Gasteiger partial charge in [0.15, 0.2) is 20.9 Å². The van der Waals surface area contributed by atoms with Crippen LogP contribution in [0.5, 0.6) is 5.75 Å². The molecule has 2 fully saturated rings. The van der Waals surface area contributed by atoms with Crippen LogP contribution in [0, 0.1) is 5.92 Å². The number of ether oxygens (including phenoxy) is 2. The van der Waals surface area contributed by atoms with Crippen LogP contribution in [0.15, 0.2) is 23.1 Å². The van der Waals surface area contributed by atoms with Gasteiger partial charge in [0.2, 0.25) is 0 Å². The summed E-state index contributed by atoms with van der Waals surface area (Å²) < 4.78 is 35.8. The third kappa shape index (κ3) is 8.05. The molecule has 0 spiro atoms. The van der Waals surface area contributed by atoms with Gasteiger partial charge in [0.05, 0.1) is 6.61 Å². The van der Waals surface area contributed by atoms with E-state index in [2.05, 4.69) is 5.48 Å². The fraction of sp³-hybridized carbons (Fsp3) is 0.760. The maximum atomic E-state index is 12.8. The van der Waals surface area contributed by atoms with Crippen molar-refractivity contribution in [1.82, 2.24) is 10.0 Å². The molecule has 0 aromatic carbocycles. The van der Waals surface area contributed by atoms with Crippen molar-refractivity contribution in [2.24, 2.45) is 5.92 Å². The SMILES string of the molecule is CC(CCn1ccc(OCCCC2CCCCC2)cc1=O)(C(=O)NOC1CCCCO1)S(C)(=O)=O. The summed E-state index contributed by atoms with van der Waals surface area (Å²) in [5.41, 5.74) is 1.95. The summed E-state index contributed by atoms with van der Waals surface area (Å²) in [7, 11) is -3.81. The summed E-state index contributed by atoms with van der Waals surface area (Å²) in [5.74, 6) is 0.516. The largest absolute Gasteiger partial charge is 0.493 e. The average Bonchev–Trinajstić information content (AvgIpc) is 2.85. The molecular formula is C25H40N2O7S. The summed E-state index contributed by atoms with van der Waals surface area (Å²) in [6.07, 6.45) is 13.1. The number of nitrogens with one attached hydrogen (secondary N) is 1. The van der Waals surface area contributed by atoms with Gasteiger partial charge in [-0.05, 0) is 51.0 Å². The number of carbonyl (C=O) groups is 1. The number of hydrogen-bond donors (Lipinski definition) is 1. The van der Waals surface area contributed by atoms with Crippen LogP contribution in [-0.4, -0.2) is 49.4 Å². The molecule has 2 atom stereocenters. The second kappa shape index (κ2) is 12.9. The highest BCUT2D eigenvalue weighted by Crippen LogP contribution is 2.27. The first-order valence-corrected chi connectivity index (χ1v) is 14.7. The van der Waals surface area contributed by atoms with E-state index < -0.39 is 26.8 Å². The van der Waals surface area contributed by atoms with Gasteiger partial charge < -0.3 is 14.0 Å². The highest BCUT2D eigenvalue weighted by Gasteiger charge is 2.44. The highest BCUT2D eigenvalue weighted by molar-refractivity contribution is 7.92. The Morgan fingerprint density at radius 3 is 2.60 bits per heavy atom. The zero-order valence-electron chi connectivity index (χ0n) is 21.0. The molecule has 10 heteroatoms. The average molecular weight is 513 g/mol. The lowest BCUT2D eigenvalue weighted by atomic mass is 9.86. The van der Waals surface area contributed by atoms with Crippen LogP contribution in [0.4, 0.5) is 0 Å². The second-order valence-corrected chi connectivity index (χ2v) is 12.4. The number of amides is 1. The molecule has 1 saturated carbocycles. The van der Waals surface area contributed by atoms with Gasteiger partial charge in [0.1, 0.15) is 5.75 Å². The van der Waals surface area contributed by atoms with Crippen molar-refractivity contribution in [3.05, 3.63) is 28.7 Å². The summed E-state index contributed by atoms with van der Waals surface area (Å²) in [4.78, 5) is 30.7. The van der Waals surface area contributed by atoms with Crippen LogP contribution < -0.4 is 15.8 Å². The van der Waals surface area contributed by atoms with Crippen LogP contribution in [0.2, 0.25) is 0 Å². The van der Waals surface area contributed by atoms with Crippen LogP contribution in [-0.2, 0) is 30.8 Å². The van der Waals surface area contributed by atoms with Gasteiger partial charge in [-0.15, -0.1) is 0 Å². The fourth-order valence-electron chi connectivity index (χ4n) is 4.63. The standard InChI is InChI=1S/C25H40N2O7S/c1-25(35(2,30)31,24(29)26-34-23-12-6-7-17-33-23)14-16-27-15-13-21(19-22(27)28)32-18-8-11-20-9-4-3-5-10-20/h13,15,19-20,23H,3-12,14,16-18H2,1-2H3,(H,26,29). The van der Waals surface area contributed by atoms with Crippen molar-refractivity contribution in [2.45, 2.75) is 95.1 Å². The topological polar surface area (TPSA) is 113 Å². The maximum absolute atomic E-state index is 12.8. The number of nitrogens with zero attached hydrogens (tertiary/aromatic N) is 1. The molecule has 9 nitrogen and oxygen atoms in total. The number of hydroxylamine groups is 1. The van der Waals surface area contributed by atoms with Crippen molar-refractivity contribution < 1.29 is 27.5 Å². The van der Waals surface area contributed by atoms with Crippen molar-refractivity contribution >= 4 is 15.7 Å². The summed E-state index contributed by atoms with van der Waals surface area (Å²) in [6, 6.07) is 3.10. The lowest BCUT2D eigenvalue weighted by Gasteiger charge is -2.28. The Kier molecular flexibility index (Phi) is 10.2. The highest BCUT2D eigenvalue weighted by atomic mass is 32.2. The Bertz CT molecular complexity index is 982. The molecule has 1 N–H and O–H groups in total. The van der Waals surface area contributed by atoms with Gasteiger partial charge >= 0.3 is 0 Å². The van der Waals surface area contributed by atoms with Crippen LogP contribution >= 0.6 is 0 Å². The molecule has 198 valence electrons. The number of hydrogen-bond acceptors (Lipinski definition) is 7. The molecule has 2 aliphatic rings. The third-order valence-electron chi connectivity index (χ3n) is 7.27. The molecule has 1 saturated heterocycles. The van der Waals surface area contributed by atoms with Crippen LogP contribution in [0.3, 0.4) is 0 Å². The molecular weight excluding hydrogens is 472 g/mol. The number of sulfone groups is 1. The number of rotatable bonds is 12. The number of aromatic nitrogens is 1. The molecule has 3 rings (SSSR count). The van der Waals surface area contributed by atoms with Crippen molar-refractivity contribution in [1.29, 1.82) is 0 Å². The Hall–Kier alpha value is -1.91. The lowest BCUT2D eigenvalue weighted by Crippen LogP contribution is -2.51. The Morgan fingerprint density at radius 1 is 1.20 bits per heavy atom. The molecule has 0 radical (unpaired) electrons. The fourth-order valence-corrected chi connectivity index (χ4v) is 5.47. The van der Waals surface area contributed by atoms with E-state index in [9.17, 15) is 18.0 Å². The monoisotopic (exact) mass is 512 g/mol. The minimum Gasteiger partial charge on any atom is -0.493 e. The zero-order valence-corrected chi connectivity index (χ0v) is 21.8. The maximum Gasteiger partial charge on any atom is 0.264 e. The van der Waals surface area contributed by atoms with E-state index in [1.165, 1.54) is 49.7 Å². The molecule has 0 bridgehead atoms. The first-order chi connectivity index (χ1) is 16.7. The van der Waals surface area contributed by atoms with Gasteiger partial charge in [-0.1, -0.05) is 32.1 Å². The van der Waals surface area contributed by atoms with Crippen LogP contribution in [0.1, 0.15) is 77.6 Å². The predicted molar refractivity (Wildman–Crippen MR) is 133 cm³/mol. The molecule has 1 aromatic rings. The van der Waals surface area contributed by atoms with E-state index >= 15 is 0 Å². The third-order valence-corrected chi connectivity index (χ3v) is 9.29. The Labute approximate surface area is 208 Å². The molecule has 1 aliphatic carbocycles. The Balaban J connectivity index is 1.51. The van der Waals surface area contributed by atoms with E-state index in [1.54, 1.807) is 12.3 Å². The number of carbonyl (C=O) groups excluding carboxylic acids is 1. The zero-order chi connectivity index (χ0) is 25.3. The minimum atomic E-state index is -3.81. The van der Waals surface area contributed by atoms with Gasteiger partial charge in [0, 0.05) is 38.1 Å². The van der Waals surface area contributed by atoms with Gasteiger partial charge in [0.25, 0.3) is 11.5 Å². The van der Waals surface area contributed by atoms with Gasteiger partial charge in [-0.2, -0.15) is 0 Å². The molecule has 1 amide bonds. The van der Waals surface area contributed by atoms with Crippen molar-refractivity contribution in [2.75, 3.05) is 19.5 Å². The van der Waals surface area contributed by atoms with Crippen LogP contribution in [0.25, 0.3) is 0 Å². The van der Waals surface area contributed by atoms with E-state index in [0.717, 1.165) is 37.9 Å². The Morgan fingerprint density at radius 2 is 1.94 bits per heavy atom. The number of aryl methyl sites for hydroxylation is 1. The van der Waals surface area contributed by atoms with E-state index in [4.69, 9.17) is 14.3 Å². The smallest absolute Gasteiger partial charge is 0.264 e. The summed E-state index contributed by atoms with van der Waals surface area (Å²) in [5, 5.41) is 0. The second-order valence-electron chi connectivity index (χ2n) is 9.99. The lowest BCUT2D eigenvalue weighted by molar-refractivity contribution is -0.201. The normalized spacial score (nSPS) is 21.3. The molecule has 1 aliphatic heterocycles. The minimum absolute atomic E-state index is 0.0533. The quantitative estimate of drug-likeness (QED) is 0.337. The van der Waals surface area contributed by atoms with Crippen molar-refractivity contribution in [3.8, 4) is 5.75 Å². The molecule has 35 heavy (non-hydrogen) atoms. The summed E-state index contributed by atoms with van der Waals surface area (Å²) in [6.45, 7) is 2.50.